The molecule has 0 radical (unpaired) electrons. The summed E-state index contributed by atoms with van der Waals surface area (Å²) in [4.78, 5) is 12.1. The zero-order chi connectivity index (χ0) is 16.4. The topological polar surface area (TPSA) is 37.3 Å². The van der Waals surface area contributed by atoms with Crippen molar-refractivity contribution in [3.05, 3.63) is 0 Å². The summed E-state index contributed by atoms with van der Waals surface area (Å²) >= 11 is 0. The highest BCUT2D eigenvalue weighted by atomic mass is 19.1. The summed E-state index contributed by atoms with van der Waals surface area (Å²) in [5.74, 6) is 2.79. The number of carbonyl (C=O) groups is 1. The second kappa shape index (κ2) is 5.54. The van der Waals surface area contributed by atoms with Crippen molar-refractivity contribution < 1.29 is 14.3 Å². The molecule has 4 fully saturated rings. The van der Waals surface area contributed by atoms with Gasteiger partial charge in [0.05, 0.1) is 6.10 Å². The molecule has 0 spiro atoms. The van der Waals surface area contributed by atoms with E-state index in [1.54, 1.807) is 6.92 Å². The van der Waals surface area contributed by atoms with Crippen molar-refractivity contribution in [2.45, 2.75) is 77.5 Å². The molecule has 4 saturated carbocycles. The molecule has 2 nitrogen and oxygen atoms in total. The van der Waals surface area contributed by atoms with Crippen LogP contribution in [-0.4, -0.2) is 23.2 Å². The number of hydrogen-bond donors (Lipinski definition) is 1. The minimum atomic E-state index is -0.741. The molecular weight excluding hydrogens is 291 g/mol. The Morgan fingerprint density at radius 1 is 1.00 bits per heavy atom. The lowest BCUT2D eigenvalue weighted by Crippen LogP contribution is -2.52. The SMILES string of the molecule is CC(=O)C1CCC2C3CC(F)C4CC(O)CCC4C3CCC12C. The van der Waals surface area contributed by atoms with Gasteiger partial charge in [-0.05, 0) is 93.3 Å². The maximum absolute atomic E-state index is 14.9. The number of carbonyl (C=O) groups excluding carboxylic acids is 1. The third-order valence-corrected chi connectivity index (χ3v) is 8.42. The molecule has 0 aromatic rings. The minimum absolute atomic E-state index is 0.0920. The number of hydrogen-bond acceptors (Lipinski definition) is 2. The monoisotopic (exact) mass is 322 g/mol. The number of rotatable bonds is 1. The fourth-order valence-corrected chi connectivity index (χ4v) is 7.44. The summed E-state index contributed by atoms with van der Waals surface area (Å²) in [6.07, 6.45) is 6.65. The van der Waals surface area contributed by atoms with Gasteiger partial charge in [-0.1, -0.05) is 6.92 Å². The number of aliphatic hydroxyl groups excluding tert-OH is 1. The second-order valence-corrected chi connectivity index (χ2v) is 9.27. The van der Waals surface area contributed by atoms with E-state index in [9.17, 15) is 14.3 Å². The van der Waals surface area contributed by atoms with Crippen LogP contribution in [0.5, 0.6) is 0 Å². The van der Waals surface area contributed by atoms with Crippen LogP contribution in [-0.2, 0) is 4.79 Å². The number of halogens is 1. The summed E-state index contributed by atoms with van der Waals surface area (Å²) in [6, 6.07) is 0. The van der Waals surface area contributed by atoms with E-state index in [2.05, 4.69) is 6.92 Å². The first-order valence-electron chi connectivity index (χ1n) is 9.74. The third-order valence-electron chi connectivity index (χ3n) is 8.42. The molecule has 4 aliphatic carbocycles. The molecule has 0 aliphatic heterocycles. The Hall–Kier alpha value is -0.440. The molecule has 1 N–H and O–H groups in total. The van der Waals surface area contributed by atoms with Gasteiger partial charge in [0, 0.05) is 5.92 Å². The Labute approximate surface area is 139 Å². The van der Waals surface area contributed by atoms with E-state index in [0.717, 1.165) is 32.1 Å². The van der Waals surface area contributed by atoms with Gasteiger partial charge >= 0.3 is 0 Å². The predicted octanol–water partition coefficient (Wildman–Crippen LogP) is 4.15. The van der Waals surface area contributed by atoms with E-state index in [1.165, 1.54) is 6.42 Å². The van der Waals surface area contributed by atoms with Crippen molar-refractivity contribution in [3.8, 4) is 0 Å². The van der Waals surface area contributed by atoms with Crippen LogP contribution in [0.25, 0.3) is 0 Å². The van der Waals surface area contributed by atoms with E-state index in [1.807, 2.05) is 0 Å². The summed E-state index contributed by atoms with van der Waals surface area (Å²) in [6.45, 7) is 4.07. The molecule has 130 valence electrons. The Morgan fingerprint density at radius 2 is 1.74 bits per heavy atom. The lowest BCUT2D eigenvalue weighted by Gasteiger charge is -2.56. The van der Waals surface area contributed by atoms with Crippen molar-refractivity contribution in [1.82, 2.24) is 0 Å². The molecule has 0 aromatic heterocycles. The van der Waals surface area contributed by atoms with Crippen LogP contribution in [0.3, 0.4) is 0 Å². The van der Waals surface area contributed by atoms with Gasteiger partial charge in [-0.15, -0.1) is 0 Å². The Bertz CT molecular complexity index is 492. The lowest BCUT2D eigenvalue weighted by molar-refractivity contribution is -0.131. The lowest BCUT2D eigenvalue weighted by atomic mass is 9.49. The zero-order valence-corrected chi connectivity index (χ0v) is 14.5. The average Bonchev–Trinajstić information content (AvgIpc) is 2.85. The van der Waals surface area contributed by atoms with Crippen LogP contribution in [0.2, 0.25) is 0 Å². The van der Waals surface area contributed by atoms with Crippen molar-refractivity contribution >= 4 is 5.78 Å². The third kappa shape index (κ3) is 2.33. The van der Waals surface area contributed by atoms with E-state index in [4.69, 9.17) is 0 Å². The number of ketones is 1. The number of alkyl halides is 1. The maximum Gasteiger partial charge on any atom is 0.133 e. The predicted molar refractivity (Wildman–Crippen MR) is 87.6 cm³/mol. The smallest absolute Gasteiger partial charge is 0.133 e. The second-order valence-electron chi connectivity index (χ2n) is 9.27. The molecule has 0 heterocycles. The first-order chi connectivity index (χ1) is 10.9. The van der Waals surface area contributed by atoms with Crippen LogP contribution in [0.4, 0.5) is 4.39 Å². The Balaban J connectivity index is 1.60. The molecule has 0 aromatic carbocycles. The van der Waals surface area contributed by atoms with Crippen molar-refractivity contribution in [1.29, 1.82) is 0 Å². The normalized spacial score (nSPS) is 55.7. The standard InChI is InChI=1S/C20H31FO2/c1-11(22)17-5-6-18-15-10-19(21)16-9-12(23)3-4-13(16)14(15)7-8-20(17,18)2/h12-19,23H,3-10H2,1-2H3. The zero-order valence-electron chi connectivity index (χ0n) is 14.5. The first kappa shape index (κ1) is 16.1. The molecule has 0 bridgehead atoms. The molecule has 3 heteroatoms. The van der Waals surface area contributed by atoms with Gasteiger partial charge in [-0.25, -0.2) is 4.39 Å². The van der Waals surface area contributed by atoms with E-state index < -0.39 is 6.17 Å². The van der Waals surface area contributed by atoms with Gasteiger partial charge in [0.1, 0.15) is 12.0 Å². The molecule has 9 unspecified atom stereocenters. The molecule has 9 atom stereocenters. The molecule has 0 saturated heterocycles. The highest BCUT2D eigenvalue weighted by Gasteiger charge is 2.59. The fraction of sp³-hybridized carbons (Fsp3) is 0.950. The van der Waals surface area contributed by atoms with E-state index in [0.29, 0.717) is 42.3 Å². The number of Topliss-reactive ketones (excluding diaryl/α,β-unsaturated/α-hetero) is 1. The van der Waals surface area contributed by atoms with Gasteiger partial charge in [0.15, 0.2) is 0 Å². The van der Waals surface area contributed by atoms with Crippen LogP contribution in [0.15, 0.2) is 0 Å². The van der Waals surface area contributed by atoms with Crippen molar-refractivity contribution in [2.24, 2.45) is 40.9 Å². The number of fused-ring (bicyclic) bond motifs is 5. The number of aliphatic hydroxyl groups is 1. The summed E-state index contributed by atoms with van der Waals surface area (Å²) in [7, 11) is 0. The van der Waals surface area contributed by atoms with E-state index in [-0.39, 0.29) is 23.4 Å². The Morgan fingerprint density at radius 3 is 2.48 bits per heavy atom. The van der Waals surface area contributed by atoms with Crippen LogP contribution in [0, 0.1) is 40.9 Å². The summed E-state index contributed by atoms with van der Waals surface area (Å²) in [5, 5.41) is 9.94. The highest BCUT2D eigenvalue weighted by Crippen LogP contribution is 2.64. The molecule has 4 rings (SSSR count). The quantitative estimate of drug-likeness (QED) is 0.787. The largest absolute Gasteiger partial charge is 0.393 e. The molecule has 4 aliphatic rings. The van der Waals surface area contributed by atoms with Gasteiger partial charge in [-0.3, -0.25) is 4.79 Å². The average molecular weight is 322 g/mol. The molecule has 23 heavy (non-hydrogen) atoms. The summed E-state index contributed by atoms with van der Waals surface area (Å²) in [5.41, 5.74) is 0.119. The summed E-state index contributed by atoms with van der Waals surface area (Å²) < 4.78 is 14.9. The van der Waals surface area contributed by atoms with Gasteiger partial charge < -0.3 is 5.11 Å². The van der Waals surface area contributed by atoms with Crippen molar-refractivity contribution in [3.63, 3.8) is 0 Å². The van der Waals surface area contributed by atoms with Crippen molar-refractivity contribution in [2.75, 3.05) is 0 Å². The minimum Gasteiger partial charge on any atom is -0.393 e. The van der Waals surface area contributed by atoms with Crippen LogP contribution >= 0.6 is 0 Å². The molecular formula is C20H31FO2. The van der Waals surface area contributed by atoms with E-state index >= 15 is 0 Å². The highest BCUT2D eigenvalue weighted by molar-refractivity contribution is 5.79. The van der Waals surface area contributed by atoms with Gasteiger partial charge in [0.25, 0.3) is 0 Å². The molecule has 0 amide bonds. The van der Waals surface area contributed by atoms with Gasteiger partial charge in [0.2, 0.25) is 0 Å². The Kier molecular flexibility index (Phi) is 3.87. The first-order valence-corrected chi connectivity index (χ1v) is 9.74. The van der Waals surface area contributed by atoms with Gasteiger partial charge in [-0.2, -0.15) is 0 Å². The van der Waals surface area contributed by atoms with Crippen LogP contribution in [0.1, 0.15) is 65.2 Å². The van der Waals surface area contributed by atoms with Crippen LogP contribution < -0.4 is 0 Å². The maximum atomic E-state index is 14.9. The fourth-order valence-electron chi connectivity index (χ4n) is 7.44.